The Balaban J connectivity index is 1.67. The SMILES string of the molecule is O=C(NCc1ccncc1)C(=Cc1ccc(Oc2ccccc2)cc1Cl)S(=O)(=O)c1ccccc1. The van der Waals surface area contributed by atoms with E-state index in [1.54, 1.807) is 73.1 Å². The van der Waals surface area contributed by atoms with Crippen molar-refractivity contribution in [1.29, 1.82) is 0 Å². The van der Waals surface area contributed by atoms with Crippen LogP contribution in [0.1, 0.15) is 11.1 Å². The molecule has 4 aromatic rings. The number of carbonyl (C=O) groups is 1. The summed E-state index contributed by atoms with van der Waals surface area (Å²) in [7, 11) is -4.13. The highest BCUT2D eigenvalue weighted by Gasteiger charge is 2.27. The summed E-state index contributed by atoms with van der Waals surface area (Å²) in [6, 6.07) is 25.3. The number of aromatic nitrogens is 1. The molecule has 0 radical (unpaired) electrons. The maximum absolute atomic E-state index is 13.4. The van der Waals surface area contributed by atoms with Crippen molar-refractivity contribution in [2.24, 2.45) is 0 Å². The lowest BCUT2D eigenvalue weighted by atomic mass is 10.2. The summed E-state index contributed by atoms with van der Waals surface area (Å²) in [5, 5.41) is 2.91. The van der Waals surface area contributed by atoms with E-state index in [-0.39, 0.29) is 16.5 Å². The average molecular weight is 505 g/mol. The number of sulfone groups is 1. The van der Waals surface area contributed by atoms with Gasteiger partial charge in [-0.05, 0) is 71.8 Å². The van der Waals surface area contributed by atoms with Crippen LogP contribution in [0.3, 0.4) is 0 Å². The zero-order chi connectivity index (χ0) is 24.7. The lowest BCUT2D eigenvalue weighted by molar-refractivity contribution is -0.116. The molecule has 1 aromatic heterocycles. The molecule has 4 rings (SSSR count). The first-order valence-corrected chi connectivity index (χ1v) is 12.5. The summed E-state index contributed by atoms with van der Waals surface area (Å²) in [6.45, 7) is 0.139. The first-order chi connectivity index (χ1) is 16.9. The summed E-state index contributed by atoms with van der Waals surface area (Å²) in [4.78, 5) is 16.6. The number of para-hydroxylation sites is 1. The Morgan fingerprint density at radius 2 is 1.54 bits per heavy atom. The van der Waals surface area contributed by atoms with E-state index in [1.807, 2.05) is 18.2 Å². The molecule has 0 bridgehead atoms. The van der Waals surface area contributed by atoms with Crippen LogP contribution in [0.25, 0.3) is 6.08 Å². The van der Waals surface area contributed by atoms with Gasteiger partial charge < -0.3 is 10.1 Å². The molecular formula is C27H21ClN2O4S. The van der Waals surface area contributed by atoms with Gasteiger partial charge in [-0.25, -0.2) is 8.42 Å². The minimum Gasteiger partial charge on any atom is -0.457 e. The molecular weight excluding hydrogens is 484 g/mol. The van der Waals surface area contributed by atoms with E-state index in [1.165, 1.54) is 18.2 Å². The minimum absolute atomic E-state index is 0.00506. The third-order valence-electron chi connectivity index (χ3n) is 5.01. The maximum atomic E-state index is 13.4. The van der Waals surface area contributed by atoms with E-state index in [0.29, 0.717) is 17.1 Å². The molecule has 0 aliphatic heterocycles. The Morgan fingerprint density at radius 3 is 2.20 bits per heavy atom. The van der Waals surface area contributed by atoms with Crippen molar-refractivity contribution < 1.29 is 17.9 Å². The number of nitrogens with zero attached hydrogens (tertiary/aromatic N) is 1. The van der Waals surface area contributed by atoms with Crippen molar-refractivity contribution in [2.45, 2.75) is 11.4 Å². The molecule has 0 aliphatic carbocycles. The van der Waals surface area contributed by atoms with Crippen molar-refractivity contribution in [1.82, 2.24) is 10.3 Å². The van der Waals surface area contributed by atoms with Crippen LogP contribution in [0.15, 0.2) is 113 Å². The van der Waals surface area contributed by atoms with Gasteiger partial charge in [0.1, 0.15) is 16.4 Å². The van der Waals surface area contributed by atoms with E-state index in [4.69, 9.17) is 16.3 Å². The third-order valence-corrected chi connectivity index (χ3v) is 7.11. The lowest BCUT2D eigenvalue weighted by Gasteiger charge is -2.12. The van der Waals surface area contributed by atoms with Gasteiger partial charge in [0.05, 0.1) is 9.92 Å². The quantitative estimate of drug-likeness (QED) is 0.313. The maximum Gasteiger partial charge on any atom is 0.263 e. The normalized spacial score (nSPS) is 11.6. The van der Waals surface area contributed by atoms with Crippen molar-refractivity contribution >= 4 is 33.4 Å². The van der Waals surface area contributed by atoms with Crippen LogP contribution in [-0.4, -0.2) is 19.3 Å². The second-order valence-electron chi connectivity index (χ2n) is 7.46. The number of nitrogens with one attached hydrogen (secondary N) is 1. The fraction of sp³-hybridized carbons (Fsp3) is 0.0370. The molecule has 1 N–H and O–H groups in total. The molecule has 6 nitrogen and oxygen atoms in total. The van der Waals surface area contributed by atoms with Crippen molar-refractivity contribution in [3.63, 3.8) is 0 Å². The van der Waals surface area contributed by atoms with E-state index < -0.39 is 20.6 Å². The van der Waals surface area contributed by atoms with Gasteiger partial charge in [-0.3, -0.25) is 9.78 Å². The molecule has 1 amide bonds. The van der Waals surface area contributed by atoms with Crippen LogP contribution in [0.5, 0.6) is 11.5 Å². The molecule has 8 heteroatoms. The highest BCUT2D eigenvalue weighted by atomic mass is 35.5. The van der Waals surface area contributed by atoms with E-state index in [2.05, 4.69) is 10.3 Å². The largest absolute Gasteiger partial charge is 0.457 e. The predicted octanol–water partition coefficient (Wildman–Crippen LogP) is 5.66. The number of hydrogen-bond acceptors (Lipinski definition) is 5. The standard InChI is InChI=1S/C27H21ClN2O4S/c28-25-18-23(34-22-7-3-1-4-8-22)12-11-21(25)17-26(35(32,33)24-9-5-2-6-10-24)27(31)30-19-20-13-15-29-16-14-20/h1-18H,19H2,(H,30,31). The molecule has 35 heavy (non-hydrogen) atoms. The van der Waals surface area contributed by atoms with Crippen LogP contribution >= 0.6 is 11.6 Å². The number of carbonyl (C=O) groups excluding carboxylic acids is 1. The monoisotopic (exact) mass is 504 g/mol. The van der Waals surface area contributed by atoms with Crippen LogP contribution in [0.2, 0.25) is 5.02 Å². The zero-order valence-electron chi connectivity index (χ0n) is 18.5. The Morgan fingerprint density at radius 1 is 0.886 bits per heavy atom. The smallest absolute Gasteiger partial charge is 0.263 e. The second-order valence-corrected chi connectivity index (χ2v) is 9.79. The molecule has 0 fully saturated rings. The number of hydrogen-bond donors (Lipinski definition) is 1. The van der Waals surface area contributed by atoms with E-state index >= 15 is 0 Å². The molecule has 0 aliphatic rings. The summed E-state index contributed by atoms with van der Waals surface area (Å²) >= 11 is 6.46. The van der Waals surface area contributed by atoms with Crippen molar-refractivity contribution in [3.05, 3.63) is 124 Å². The summed E-state index contributed by atoms with van der Waals surface area (Å²) in [5.74, 6) is 0.369. The fourth-order valence-corrected chi connectivity index (χ4v) is 4.81. The van der Waals surface area contributed by atoms with Gasteiger partial charge in [0.2, 0.25) is 9.84 Å². The van der Waals surface area contributed by atoms with Crippen LogP contribution in [0.4, 0.5) is 0 Å². The molecule has 0 atom stereocenters. The highest BCUT2D eigenvalue weighted by Crippen LogP contribution is 2.30. The fourth-order valence-electron chi connectivity index (χ4n) is 3.22. The second kappa shape index (κ2) is 11.0. The summed E-state index contributed by atoms with van der Waals surface area (Å²) in [6.07, 6.45) is 4.47. The van der Waals surface area contributed by atoms with Crippen LogP contribution in [0, 0.1) is 0 Å². The number of ether oxygens (including phenoxy) is 1. The predicted molar refractivity (Wildman–Crippen MR) is 136 cm³/mol. The first-order valence-electron chi connectivity index (χ1n) is 10.6. The number of halogens is 1. The van der Waals surface area contributed by atoms with Crippen LogP contribution in [-0.2, 0) is 21.2 Å². The van der Waals surface area contributed by atoms with Crippen molar-refractivity contribution in [3.8, 4) is 11.5 Å². The molecule has 1 heterocycles. The Labute approximate surface area is 208 Å². The molecule has 0 unspecified atom stereocenters. The number of amides is 1. The molecule has 0 saturated carbocycles. The van der Waals surface area contributed by atoms with Gasteiger partial charge >= 0.3 is 0 Å². The lowest BCUT2D eigenvalue weighted by Crippen LogP contribution is -2.28. The average Bonchev–Trinajstić information content (AvgIpc) is 2.88. The third kappa shape index (κ3) is 6.15. The highest BCUT2D eigenvalue weighted by molar-refractivity contribution is 7.96. The van der Waals surface area contributed by atoms with Gasteiger partial charge in [0.15, 0.2) is 0 Å². The van der Waals surface area contributed by atoms with Gasteiger partial charge in [-0.1, -0.05) is 48.0 Å². The van der Waals surface area contributed by atoms with Crippen molar-refractivity contribution in [2.75, 3.05) is 0 Å². The van der Waals surface area contributed by atoms with Gasteiger partial charge in [0, 0.05) is 18.9 Å². The molecule has 176 valence electrons. The molecule has 0 saturated heterocycles. The van der Waals surface area contributed by atoms with Gasteiger partial charge in [0.25, 0.3) is 5.91 Å². The molecule has 0 spiro atoms. The number of benzene rings is 3. The Hall–Kier alpha value is -3.94. The Kier molecular flexibility index (Phi) is 7.60. The summed E-state index contributed by atoms with van der Waals surface area (Å²) in [5.41, 5.74) is 1.14. The van der Waals surface area contributed by atoms with Crippen LogP contribution < -0.4 is 10.1 Å². The number of rotatable bonds is 8. The Bertz CT molecular complexity index is 1440. The molecule has 3 aromatic carbocycles. The van der Waals surface area contributed by atoms with Gasteiger partial charge in [-0.2, -0.15) is 0 Å². The zero-order valence-corrected chi connectivity index (χ0v) is 20.0. The topological polar surface area (TPSA) is 85.4 Å². The summed E-state index contributed by atoms with van der Waals surface area (Å²) < 4.78 is 32.6. The van der Waals surface area contributed by atoms with Gasteiger partial charge in [-0.15, -0.1) is 0 Å². The van der Waals surface area contributed by atoms with E-state index in [0.717, 1.165) is 5.56 Å². The minimum atomic E-state index is -4.13. The number of pyridine rings is 1. The first kappa shape index (κ1) is 24.2. The van der Waals surface area contributed by atoms with E-state index in [9.17, 15) is 13.2 Å².